The van der Waals surface area contributed by atoms with Crippen LogP contribution < -0.4 is 0 Å². The maximum Gasteiger partial charge on any atom is 0.0610 e. The molecule has 5 aliphatic carbocycles. The lowest BCUT2D eigenvalue weighted by atomic mass is 9.41. The average Bonchev–Trinajstić information content (AvgIpc) is 3.34. The zero-order valence-corrected chi connectivity index (χ0v) is 22.3. The van der Waals surface area contributed by atoms with Gasteiger partial charge in [-0.3, -0.25) is 0 Å². The quantitative estimate of drug-likeness (QED) is 0.445. The SMILES string of the molecule is CC(C)=CCCC(C)C1C(O)CC2(C)C3CCC4C(C)(C)C(O)CCC45CC35C(O)CC12C. The lowest BCUT2D eigenvalue weighted by Gasteiger charge is -2.64. The molecule has 0 aromatic carbocycles. The van der Waals surface area contributed by atoms with Gasteiger partial charge in [0.2, 0.25) is 0 Å². The summed E-state index contributed by atoms with van der Waals surface area (Å²) in [6.45, 7) is 16.2. The molecule has 3 nitrogen and oxygen atoms in total. The van der Waals surface area contributed by atoms with Crippen molar-refractivity contribution < 1.29 is 15.3 Å². The molecule has 3 N–H and O–H groups in total. The Labute approximate surface area is 202 Å². The van der Waals surface area contributed by atoms with E-state index in [0.29, 0.717) is 17.8 Å². The number of allylic oxidation sites excluding steroid dienone is 2. The zero-order chi connectivity index (χ0) is 24.2. The van der Waals surface area contributed by atoms with E-state index in [1.165, 1.54) is 12.0 Å². The molecule has 11 atom stereocenters. The van der Waals surface area contributed by atoms with Gasteiger partial charge in [-0.15, -0.1) is 0 Å². The zero-order valence-electron chi connectivity index (χ0n) is 22.3. The van der Waals surface area contributed by atoms with Crippen molar-refractivity contribution in [3.8, 4) is 0 Å². The minimum atomic E-state index is -0.271. The summed E-state index contributed by atoms with van der Waals surface area (Å²) in [4.78, 5) is 0. The van der Waals surface area contributed by atoms with Crippen LogP contribution in [0.1, 0.15) is 106 Å². The van der Waals surface area contributed by atoms with Gasteiger partial charge in [-0.2, -0.15) is 0 Å². The summed E-state index contributed by atoms with van der Waals surface area (Å²) in [5.74, 6) is 1.72. The first kappa shape index (κ1) is 24.3. The number of hydrogen-bond acceptors (Lipinski definition) is 3. The Kier molecular flexibility index (Phi) is 5.40. The van der Waals surface area contributed by atoms with Crippen molar-refractivity contribution in [2.75, 3.05) is 0 Å². The first-order chi connectivity index (χ1) is 15.3. The summed E-state index contributed by atoms with van der Waals surface area (Å²) in [6.07, 6.45) is 10.9. The van der Waals surface area contributed by atoms with E-state index in [2.05, 4.69) is 54.5 Å². The lowest BCUT2D eigenvalue weighted by molar-refractivity contribution is -0.202. The maximum atomic E-state index is 12.0. The molecule has 0 amide bonds. The smallest absolute Gasteiger partial charge is 0.0610 e. The number of aliphatic hydroxyl groups excluding tert-OH is 3. The molecule has 33 heavy (non-hydrogen) atoms. The number of aliphatic hydroxyl groups is 3. The van der Waals surface area contributed by atoms with E-state index >= 15 is 0 Å². The molecule has 11 unspecified atom stereocenters. The van der Waals surface area contributed by atoms with Crippen LogP contribution in [-0.2, 0) is 0 Å². The minimum Gasteiger partial charge on any atom is -0.393 e. The third-order valence-corrected chi connectivity index (χ3v) is 12.9. The highest BCUT2D eigenvalue weighted by Crippen LogP contribution is 2.88. The molecule has 5 saturated carbocycles. The molecule has 0 heterocycles. The normalized spacial score (nSPS) is 55.0. The Morgan fingerprint density at radius 1 is 0.909 bits per heavy atom. The summed E-state index contributed by atoms with van der Waals surface area (Å²) >= 11 is 0. The van der Waals surface area contributed by atoms with Crippen molar-refractivity contribution in [2.45, 2.75) is 125 Å². The molecule has 5 aliphatic rings. The van der Waals surface area contributed by atoms with Crippen LogP contribution in [0.4, 0.5) is 0 Å². The Bertz CT molecular complexity index is 828. The van der Waals surface area contributed by atoms with E-state index < -0.39 is 0 Å². The highest BCUT2D eigenvalue weighted by atomic mass is 16.3. The highest BCUT2D eigenvalue weighted by molar-refractivity contribution is 5.33. The molecule has 3 heteroatoms. The number of hydrogen-bond donors (Lipinski definition) is 3. The van der Waals surface area contributed by atoms with Crippen LogP contribution in [0.3, 0.4) is 0 Å². The molecule has 0 aliphatic heterocycles. The van der Waals surface area contributed by atoms with Crippen molar-refractivity contribution in [3.63, 3.8) is 0 Å². The van der Waals surface area contributed by atoms with E-state index in [9.17, 15) is 15.3 Å². The first-order valence-corrected chi connectivity index (χ1v) is 14.0. The van der Waals surface area contributed by atoms with E-state index in [-0.39, 0.29) is 51.3 Å². The van der Waals surface area contributed by atoms with Gasteiger partial charge < -0.3 is 15.3 Å². The van der Waals surface area contributed by atoms with Gasteiger partial charge in [0, 0.05) is 5.41 Å². The van der Waals surface area contributed by atoms with Gasteiger partial charge in [0.1, 0.15) is 0 Å². The summed E-state index contributed by atoms with van der Waals surface area (Å²) in [6, 6.07) is 0. The van der Waals surface area contributed by atoms with E-state index in [1.54, 1.807) is 0 Å². The van der Waals surface area contributed by atoms with Crippen LogP contribution in [-0.4, -0.2) is 33.6 Å². The summed E-state index contributed by atoms with van der Waals surface area (Å²) in [5, 5.41) is 34.4. The standard InChI is InChI=1S/C30H50O3/c1-18(2)9-8-10-19(3)25-20(31)15-27(6)22-12-11-21-26(4,5)23(32)13-14-29(21)17-30(22,29)24(33)16-28(25,27)7/h9,19-25,31-33H,8,10-17H2,1-7H3. The van der Waals surface area contributed by atoms with Crippen LogP contribution >= 0.6 is 0 Å². The van der Waals surface area contributed by atoms with Gasteiger partial charge >= 0.3 is 0 Å². The predicted octanol–water partition coefficient (Wildman–Crippen LogP) is 6.11. The van der Waals surface area contributed by atoms with Gasteiger partial charge in [0.15, 0.2) is 0 Å². The van der Waals surface area contributed by atoms with Crippen molar-refractivity contribution in [1.82, 2.24) is 0 Å². The lowest BCUT2D eigenvalue weighted by Crippen LogP contribution is -2.62. The Morgan fingerprint density at radius 3 is 2.24 bits per heavy atom. The summed E-state index contributed by atoms with van der Waals surface area (Å²) in [7, 11) is 0. The molecule has 188 valence electrons. The van der Waals surface area contributed by atoms with Gasteiger partial charge in [0.25, 0.3) is 0 Å². The van der Waals surface area contributed by atoms with Gasteiger partial charge in [-0.1, -0.05) is 46.3 Å². The fraction of sp³-hybridized carbons (Fsp3) is 0.933. The molecule has 5 rings (SSSR count). The van der Waals surface area contributed by atoms with Crippen molar-refractivity contribution in [1.29, 1.82) is 0 Å². The second-order valence-electron chi connectivity index (χ2n) is 14.6. The molecule has 0 saturated heterocycles. The Hall–Kier alpha value is -0.380. The van der Waals surface area contributed by atoms with Crippen LogP contribution in [0.5, 0.6) is 0 Å². The second kappa shape index (κ2) is 7.32. The molecule has 0 bridgehead atoms. The van der Waals surface area contributed by atoms with Crippen LogP contribution in [0.2, 0.25) is 0 Å². The molecule has 0 aromatic rings. The van der Waals surface area contributed by atoms with E-state index in [1.807, 2.05) is 0 Å². The van der Waals surface area contributed by atoms with Crippen molar-refractivity contribution >= 4 is 0 Å². The molecular weight excluding hydrogens is 408 g/mol. The van der Waals surface area contributed by atoms with Gasteiger partial charge in [-0.05, 0) is 117 Å². The largest absolute Gasteiger partial charge is 0.393 e. The fourth-order valence-electron chi connectivity index (χ4n) is 11.3. The Morgan fingerprint density at radius 2 is 1.58 bits per heavy atom. The molecule has 0 aromatic heterocycles. The predicted molar refractivity (Wildman–Crippen MR) is 133 cm³/mol. The maximum absolute atomic E-state index is 12.0. The van der Waals surface area contributed by atoms with Crippen LogP contribution in [0, 0.1) is 50.7 Å². The topological polar surface area (TPSA) is 60.7 Å². The molecule has 5 fully saturated rings. The van der Waals surface area contributed by atoms with Crippen molar-refractivity contribution in [2.24, 2.45) is 50.7 Å². The van der Waals surface area contributed by atoms with Crippen LogP contribution in [0.25, 0.3) is 0 Å². The molecular formula is C30H50O3. The minimum absolute atomic E-state index is 0.0154. The highest BCUT2D eigenvalue weighted by Gasteiger charge is 2.85. The third kappa shape index (κ3) is 2.85. The van der Waals surface area contributed by atoms with E-state index in [4.69, 9.17) is 0 Å². The Balaban J connectivity index is 1.48. The van der Waals surface area contributed by atoms with Crippen molar-refractivity contribution in [3.05, 3.63) is 11.6 Å². The van der Waals surface area contributed by atoms with Gasteiger partial charge in [0.05, 0.1) is 18.3 Å². The summed E-state index contributed by atoms with van der Waals surface area (Å²) in [5.41, 5.74) is 1.59. The second-order valence-corrected chi connectivity index (χ2v) is 14.6. The monoisotopic (exact) mass is 458 g/mol. The summed E-state index contributed by atoms with van der Waals surface area (Å²) < 4.78 is 0. The first-order valence-electron chi connectivity index (χ1n) is 14.0. The fourth-order valence-corrected chi connectivity index (χ4v) is 11.3. The number of fused-ring (bicyclic) bond motifs is 2. The van der Waals surface area contributed by atoms with Crippen LogP contribution in [0.15, 0.2) is 11.6 Å². The van der Waals surface area contributed by atoms with E-state index in [0.717, 1.165) is 51.4 Å². The average molecular weight is 459 g/mol. The number of rotatable bonds is 4. The molecule has 2 spiro atoms. The van der Waals surface area contributed by atoms with Gasteiger partial charge in [-0.25, -0.2) is 0 Å². The molecule has 0 radical (unpaired) electrons. The third-order valence-electron chi connectivity index (χ3n) is 12.9.